The van der Waals surface area contributed by atoms with Gasteiger partial charge in [-0.25, -0.2) is 0 Å². The van der Waals surface area contributed by atoms with E-state index in [1.807, 2.05) is 11.8 Å². The monoisotopic (exact) mass is 1190 g/mol. The fourth-order valence-electron chi connectivity index (χ4n) is 14.3. The molecule has 4 aliphatic rings. The van der Waals surface area contributed by atoms with Crippen LogP contribution >= 0.6 is 11.8 Å². The Labute approximate surface area is 516 Å². The van der Waals surface area contributed by atoms with Gasteiger partial charge in [0.15, 0.2) is 0 Å². The van der Waals surface area contributed by atoms with Crippen molar-refractivity contribution in [1.82, 2.24) is 0 Å². The third-order valence-corrected chi connectivity index (χ3v) is 21.6. The molecule has 0 bridgehead atoms. The average molecular weight is 1190 g/mol. The molecule has 5 heterocycles. The van der Waals surface area contributed by atoms with E-state index in [0.29, 0.717) is 0 Å². The van der Waals surface area contributed by atoms with Gasteiger partial charge in [0.2, 0.25) is 0 Å². The molecule has 406 valence electrons. The number of hydrogen-bond acceptors (Lipinski definition) is 6. The van der Waals surface area contributed by atoms with Crippen molar-refractivity contribution in [2.45, 2.75) is 9.79 Å². The molecule has 9 heteroatoms. The molecule has 0 aliphatic carbocycles. The van der Waals surface area contributed by atoms with Crippen molar-refractivity contribution < 1.29 is 4.42 Å². The Morgan fingerprint density at radius 2 is 0.816 bits per heavy atom. The molecule has 5 nitrogen and oxygen atoms in total. The first-order chi connectivity index (χ1) is 43.2. The predicted molar refractivity (Wildman–Crippen MR) is 369 cm³/mol. The average Bonchev–Trinajstić information content (AvgIpc) is 0.896. The summed E-state index contributed by atoms with van der Waals surface area (Å²) in [6.07, 6.45) is 0. The van der Waals surface area contributed by atoms with Gasteiger partial charge >= 0.3 is 520 Å². The van der Waals surface area contributed by atoms with Gasteiger partial charge in [0.05, 0.1) is 0 Å². The van der Waals surface area contributed by atoms with E-state index in [9.17, 15) is 0 Å². The maximum atomic E-state index is 7.23. The van der Waals surface area contributed by atoms with Gasteiger partial charge in [-0.05, 0) is 0 Å². The number of furan rings is 1. The first-order valence-corrected chi connectivity index (χ1v) is 32.2. The molecule has 0 fully saturated rings. The van der Waals surface area contributed by atoms with Crippen LogP contribution in [0.1, 0.15) is 0 Å². The first kappa shape index (κ1) is 50.2. The van der Waals surface area contributed by atoms with Crippen molar-refractivity contribution >= 4 is 172 Å². The van der Waals surface area contributed by atoms with Gasteiger partial charge in [-0.1, -0.05) is 0 Å². The third-order valence-electron chi connectivity index (χ3n) is 17.9. The topological polar surface area (TPSA) is 26.1 Å². The molecule has 0 N–H and O–H groups in total. The number of hydrogen-bond donors (Lipinski definition) is 0. The van der Waals surface area contributed by atoms with Gasteiger partial charge in [0, 0.05) is 0 Å². The summed E-state index contributed by atoms with van der Waals surface area (Å²) in [4.78, 5) is 12.5. The van der Waals surface area contributed by atoms with Gasteiger partial charge in [-0.15, -0.1) is 0 Å². The van der Waals surface area contributed by atoms with Gasteiger partial charge in [-0.3, -0.25) is 0 Å². The minimum atomic E-state index is -0.224. The molecule has 0 spiro atoms. The van der Waals surface area contributed by atoms with E-state index in [4.69, 9.17) is 4.42 Å². The molecule has 0 atom stereocenters. The Morgan fingerprint density at radius 3 is 1.38 bits per heavy atom. The molecule has 14 aromatic rings. The van der Waals surface area contributed by atoms with Crippen molar-refractivity contribution in [1.29, 1.82) is 0 Å². The second-order valence-corrected chi connectivity index (χ2v) is 25.9. The zero-order valence-corrected chi connectivity index (χ0v) is 49.6. The number of benzene rings is 13. The predicted octanol–water partition coefficient (Wildman–Crippen LogP) is 15.2. The third kappa shape index (κ3) is 7.90. The van der Waals surface area contributed by atoms with Gasteiger partial charge < -0.3 is 0 Å². The standard InChI is InChI=1S/C78H50B2N4OSSe/c1-7-26-51(27-8-1)81(52-28-9-2-10-29-52)57-46-68-74-71(48-57)86-77-64(79(74)62-41-20-22-43-66(62)83(68)55-34-15-5-16-35-55)50-65-78(73(77)61-40-25-39-60-59-38-19-24-45-70(59)85-76(60)61)87-72-49-58(82(53-30-11-3-12-31-53)54-32-13-4-14-33-54)47-69-75(72)80(65)63-42-21-23-44-67(63)84(69)56-36-17-6-18-37-56/h1-50H. The molecule has 13 aromatic carbocycles. The molecule has 4 aliphatic heterocycles. The fraction of sp³-hybridized carbons (Fsp3) is 0. The van der Waals surface area contributed by atoms with Gasteiger partial charge in [0.25, 0.3) is 0 Å². The van der Waals surface area contributed by atoms with Crippen LogP contribution in [0.5, 0.6) is 0 Å². The fourth-order valence-corrected chi connectivity index (χ4v) is 18.6. The molecule has 0 saturated carbocycles. The molecule has 18 rings (SSSR count). The zero-order chi connectivity index (χ0) is 57.1. The van der Waals surface area contributed by atoms with Crippen LogP contribution in [-0.2, 0) is 0 Å². The molecule has 0 radical (unpaired) electrons. The molecule has 87 heavy (non-hydrogen) atoms. The summed E-state index contributed by atoms with van der Waals surface area (Å²) in [6.45, 7) is -0.206. The normalized spacial score (nSPS) is 13.1. The van der Waals surface area contributed by atoms with E-state index in [1.54, 1.807) is 0 Å². The summed E-state index contributed by atoms with van der Waals surface area (Å²) < 4.78 is 9.99. The molecule has 0 unspecified atom stereocenters. The van der Waals surface area contributed by atoms with Crippen molar-refractivity contribution in [2.75, 3.05) is 19.6 Å². The van der Waals surface area contributed by atoms with Gasteiger partial charge in [0.1, 0.15) is 0 Å². The van der Waals surface area contributed by atoms with Crippen LogP contribution in [0.3, 0.4) is 0 Å². The van der Waals surface area contributed by atoms with E-state index < -0.39 is 0 Å². The zero-order valence-electron chi connectivity index (χ0n) is 47.0. The first-order valence-electron chi connectivity index (χ1n) is 29.7. The van der Waals surface area contributed by atoms with E-state index in [2.05, 4.69) is 323 Å². The second-order valence-electron chi connectivity index (χ2n) is 22.7. The molecular weight excluding hydrogens is 1140 g/mol. The quantitative estimate of drug-likeness (QED) is 0.134. The van der Waals surface area contributed by atoms with Crippen molar-refractivity contribution in [3.8, 4) is 11.1 Å². The molecule has 1 aromatic heterocycles. The summed E-state index contributed by atoms with van der Waals surface area (Å²) in [6, 6.07) is 112. The van der Waals surface area contributed by atoms with Gasteiger partial charge in [-0.2, -0.15) is 0 Å². The van der Waals surface area contributed by atoms with Crippen LogP contribution in [0.25, 0.3) is 33.1 Å². The van der Waals surface area contributed by atoms with Crippen LogP contribution < -0.4 is 61.3 Å². The van der Waals surface area contributed by atoms with E-state index >= 15 is 0 Å². The van der Waals surface area contributed by atoms with Crippen LogP contribution in [0.2, 0.25) is 0 Å². The Bertz CT molecular complexity index is 4700. The summed E-state index contributed by atoms with van der Waals surface area (Å²) in [5, 5.41) is 2.25. The van der Waals surface area contributed by atoms with E-state index in [0.717, 1.165) is 73.0 Å². The SMILES string of the molecule is c1ccc(N(c2ccccc2)c2cc3c4c(c2)N(c2ccccc2)c2ccccc2B4c2cc4c(c(-c5cccc6c5oc5ccccc56)c2S3)[Se]c2cc(N(c3ccccc3)c3ccccc3)cc3c2B4c2ccccc2N3c2ccccc2)cc1. The Balaban J connectivity index is 0.960. The Kier molecular flexibility index (Phi) is 11.7. The Morgan fingerprint density at radius 1 is 0.356 bits per heavy atom. The number of nitrogens with zero attached hydrogens (tertiary/aromatic N) is 4. The van der Waals surface area contributed by atoms with Crippen molar-refractivity contribution in [2.24, 2.45) is 0 Å². The van der Waals surface area contributed by atoms with Crippen LogP contribution in [0.15, 0.2) is 318 Å². The van der Waals surface area contributed by atoms with E-state index in [1.165, 1.54) is 79.8 Å². The minimum absolute atomic E-state index is 0.0927. The summed E-state index contributed by atoms with van der Waals surface area (Å²) in [5.41, 5.74) is 25.8. The summed E-state index contributed by atoms with van der Waals surface area (Å²) in [5.74, 6) is 0. The second kappa shape index (κ2) is 20.3. The number of anilines is 12. The van der Waals surface area contributed by atoms with Crippen molar-refractivity contribution in [3.63, 3.8) is 0 Å². The molecule has 0 amide bonds. The maximum absolute atomic E-state index is 7.23. The van der Waals surface area contributed by atoms with Crippen LogP contribution in [0.4, 0.5) is 68.2 Å². The molecular formula is C78H50B2N4OSSe. The number of para-hydroxylation sites is 10. The summed E-state index contributed by atoms with van der Waals surface area (Å²) >= 11 is 1.72. The Hall–Kier alpha value is -10.1. The van der Waals surface area contributed by atoms with E-state index in [-0.39, 0.29) is 28.4 Å². The van der Waals surface area contributed by atoms with Crippen molar-refractivity contribution in [3.05, 3.63) is 303 Å². The number of rotatable bonds is 9. The molecule has 0 saturated heterocycles. The van der Waals surface area contributed by atoms with Crippen LogP contribution in [0, 0.1) is 0 Å². The summed E-state index contributed by atoms with van der Waals surface area (Å²) in [7, 11) is 0. The number of fused-ring (bicyclic) bond motifs is 11. The van der Waals surface area contributed by atoms with Crippen LogP contribution in [-0.4, -0.2) is 28.4 Å².